The van der Waals surface area contributed by atoms with E-state index in [1.54, 1.807) is 18.4 Å². The molecular formula is C23H25N5O3S. The quantitative estimate of drug-likeness (QED) is 0.614. The average molecular weight is 452 g/mol. The first-order valence-electron chi connectivity index (χ1n) is 11.0. The maximum Gasteiger partial charge on any atom is 0.266 e. The number of thiophene rings is 1. The van der Waals surface area contributed by atoms with Crippen molar-refractivity contribution in [2.24, 2.45) is 5.92 Å². The topological polar surface area (TPSA) is 98.5 Å². The Kier molecular flexibility index (Phi) is 5.97. The number of nitrogens with zero attached hydrogens (tertiary/aromatic N) is 4. The highest BCUT2D eigenvalue weighted by Gasteiger charge is 2.29. The molecule has 0 unspecified atom stereocenters. The molecule has 5 heterocycles. The second-order valence-corrected chi connectivity index (χ2v) is 9.21. The summed E-state index contributed by atoms with van der Waals surface area (Å²) < 4.78 is 11.2. The third kappa shape index (κ3) is 4.29. The van der Waals surface area contributed by atoms with Gasteiger partial charge in [0.05, 0.1) is 6.26 Å². The van der Waals surface area contributed by atoms with Gasteiger partial charge in [0.25, 0.3) is 5.89 Å². The van der Waals surface area contributed by atoms with E-state index >= 15 is 0 Å². The molecule has 0 spiro atoms. The van der Waals surface area contributed by atoms with E-state index in [1.807, 2.05) is 16.2 Å². The Bertz CT molecular complexity index is 1110. The number of hydrogen-bond donors (Lipinski definition) is 1. The third-order valence-electron chi connectivity index (χ3n) is 6.21. The number of anilines is 1. The Morgan fingerprint density at radius 2 is 2.19 bits per heavy atom. The molecule has 32 heavy (non-hydrogen) atoms. The van der Waals surface area contributed by atoms with Crippen LogP contribution in [0.25, 0.3) is 11.7 Å². The van der Waals surface area contributed by atoms with Crippen molar-refractivity contribution in [3.05, 3.63) is 46.0 Å². The fourth-order valence-corrected chi connectivity index (χ4v) is 5.32. The first kappa shape index (κ1) is 20.8. The van der Waals surface area contributed by atoms with Gasteiger partial charge in [-0.2, -0.15) is 10.2 Å². The van der Waals surface area contributed by atoms with E-state index in [1.165, 1.54) is 10.4 Å². The van der Waals surface area contributed by atoms with Crippen molar-refractivity contribution >= 4 is 23.1 Å². The van der Waals surface area contributed by atoms with Crippen molar-refractivity contribution in [3.63, 3.8) is 0 Å². The fraction of sp³-hybridized carbons (Fsp3) is 0.435. The van der Waals surface area contributed by atoms with Crippen molar-refractivity contribution in [1.29, 1.82) is 5.26 Å². The van der Waals surface area contributed by atoms with Crippen LogP contribution in [0.5, 0.6) is 0 Å². The molecule has 1 N–H and O–H groups in total. The van der Waals surface area contributed by atoms with E-state index in [-0.39, 0.29) is 17.5 Å². The monoisotopic (exact) mass is 451 g/mol. The minimum atomic E-state index is -0.0194. The molecule has 0 atom stereocenters. The van der Waals surface area contributed by atoms with Gasteiger partial charge in [-0.15, -0.1) is 11.3 Å². The van der Waals surface area contributed by atoms with Gasteiger partial charge in [0.1, 0.15) is 6.07 Å². The number of nitrogens with one attached hydrogen (secondary N) is 1. The van der Waals surface area contributed by atoms with Crippen molar-refractivity contribution in [2.75, 3.05) is 37.6 Å². The summed E-state index contributed by atoms with van der Waals surface area (Å²) in [5.74, 6) is 1.34. The highest BCUT2D eigenvalue weighted by atomic mass is 32.1. The summed E-state index contributed by atoms with van der Waals surface area (Å²) >= 11 is 1.84. The molecule has 5 rings (SSSR count). The molecule has 0 bridgehead atoms. The lowest BCUT2D eigenvalue weighted by Crippen LogP contribution is -2.43. The molecule has 0 aliphatic carbocycles. The van der Waals surface area contributed by atoms with Crippen LogP contribution in [0.4, 0.5) is 5.88 Å². The Morgan fingerprint density at radius 1 is 1.31 bits per heavy atom. The minimum Gasteiger partial charge on any atom is -0.459 e. The molecule has 3 aromatic heterocycles. The largest absolute Gasteiger partial charge is 0.459 e. The number of carbonyl (C=O) groups is 1. The number of piperidine rings is 1. The summed E-state index contributed by atoms with van der Waals surface area (Å²) in [6, 6.07) is 7.81. The SMILES string of the molecule is N#Cc1nc(-c2ccco2)oc1N1CCC(C(=O)NCCN2CCc3sccc3C2)CC1. The number of nitriles is 1. The van der Waals surface area contributed by atoms with E-state index < -0.39 is 0 Å². The van der Waals surface area contributed by atoms with Crippen LogP contribution in [0.15, 0.2) is 38.7 Å². The normalized spacial score (nSPS) is 17.2. The number of amides is 1. The molecule has 2 aliphatic heterocycles. The maximum atomic E-state index is 12.7. The van der Waals surface area contributed by atoms with Crippen LogP contribution in [-0.4, -0.2) is 48.5 Å². The van der Waals surface area contributed by atoms with E-state index in [4.69, 9.17) is 8.83 Å². The Balaban J connectivity index is 1.10. The summed E-state index contributed by atoms with van der Waals surface area (Å²) in [7, 11) is 0. The standard InChI is InChI=1S/C23H25N5O3S/c24-14-18-23(31-22(26-18)19-2-1-12-30-19)28-9-3-16(4-10-28)21(29)25-7-11-27-8-5-20-17(15-27)6-13-32-20/h1-2,6,12-13,16H,3-5,7-11,15H2,(H,25,29). The number of carbonyl (C=O) groups excluding carboxylic acids is 1. The van der Waals surface area contributed by atoms with Gasteiger partial charge in [-0.05, 0) is 48.4 Å². The summed E-state index contributed by atoms with van der Waals surface area (Å²) in [6.07, 6.45) is 4.08. The van der Waals surface area contributed by atoms with Crippen LogP contribution >= 0.6 is 11.3 Å². The molecule has 9 heteroatoms. The molecule has 3 aromatic rings. The average Bonchev–Trinajstić information content (AvgIpc) is 3.59. The molecule has 1 amide bonds. The smallest absolute Gasteiger partial charge is 0.266 e. The highest BCUT2D eigenvalue weighted by Crippen LogP contribution is 2.31. The lowest BCUT2D eigenvalue weighted by atomic mass is 9.96. The molecule has 1 saturated heterocycles. The van der Waals surface area contributed by atoms with Crippen LogP contribution in [0.3, 0.4) is 0 Å². The van der Waals surface area contributed by atoms with Crippen LogP contribution in [0, 0.1) is 17.2 Å². The third-order valence-corrected chi connectivity index (χ3v) is 7.24. The molecule has 0 saturated carbocycles. The van der Waals surface area contributed by atoms with Crippen LogP contribution in [-0.2, 0) is 17.8 Å². The molecule has 1 fully saturated rings. The second kappa shape index (κ2) is 9.18. The van der Waals surface area contributed by atoms with Gasteiger partial charge in [-0.1, -0.05) is 0 Å². The van der Waals surface area contributed by atoms with E-state index in [0.717, 1.165) is 38.9 Å². The van der Waals surface area contributed by atoms with Crippen molar-refractivity contribution in [1.82, 2.24) is 15.2 Å². The molecule has 2 aliphatic rings. The van der Waals surface area contributed by atoms with Crippen molar-refractivity contribution in [3.8, 4) is 17.7 Å². The molecule has 8 nitrogen and oxygen atoms in total. The molecule has 0 aromatic carbocycles. The zero-order chi connectivity index (χ0) is 21.9. The number of aromatic nitrogens is 1. The molecule has 0 radical (unpaired) electrons. The van der Waals surface area contributed by atoms with Gasteiger partial charge in [0.2, 0.25) is 17.5 Å². The summed E-state index contributed by atoms with van der Waals surface area (Å²) in [5, 5.41) is 14.7. The zero-order valence-electron chi connectivity index (χ0n) is 17.7. The lowest BCUT2D eigenvalue weighted by Gasteiger charge is -2.31. The lowest BCUT2D eigenvalue weighted by molar-refractivity contribution is -0.125. The maximum absolute atomic E-state index is 12.7. The summed E-state index contributed by atoms with van der Waals surface area (Å²) in [5.41, 5.74) is 1.67. The second-order valence-electron chi connectivity index (χ2n) is 8.21. The van der Waals surface area contributed by atoms with Crippen LogP contribution in [0.2, 0.25) is 0 Å². The van der Waals surface area contributed by atoms with Crippen LogP contribution in [0.1, 0.15) is 29.0 Å². The van der Waals surface area contributed by atoms with Gasteiger partial charge in [0.15, 0.2) is 5.76 Å². The zero-order valence-corrected chi connectivity index (χ0v) is 18.6. The van der Waals surface area contributed by atoms with Gasteiger partial charge >= 0.3 is 0 Å². The Morgan fingerprint density at radius 3 is 2.97 bits per heavy atom. The fourth-order valence-electron chi connectivity index (χ4n) is 4.43. The van der Waals surface area contributed by atoms with Crippen molar-refractivity contribution < 1.29 is 13.6 Å². The van der Waals surface area contributed by atoms with Gasteiger partial charge in [0, 0.05) is 50.1 Å². The van der Waals surface area contributed by atoms with E-state index in [0.29, 0.717) is 37.2 Å². The first-order chi connectivity index (χ1) is 15.7. The number of furan rings is 1. The van der Waals surface area contributed by atoms with E-state index in [2.05, 4.69) is 32.7 Å². The Hall–Kier alpha value is -3.09. The predicted molar refractivity (Wildman–Crippen MR) is 120 cm³/mol. The highest BCUT2D eigenvalue weighted by molar-refractivity contribution is 7.10. The Labute approximate surface area is 190 Å². The van der Waals surface area contributed by atoms with Crippen LogP contribution < -0.4 is 10.2 Å². The molecular weight excluding hydrogens is 426 g/mol. The first-order valence-corrected chi connectivity index (χ1v) is 11.8. The van der Waals surface area contributed by atoms with Crippen molar-refractivity contribution in [2.45, 2.75) is 25.8 Å². The summed E-state index contributed by atoms with van der Waals surface area (Å²) in [4.78, 5) is 22.8. The number of oxazole rings is 1. The predicted octanol–water partition coefficient (Wildman–Crippen LogP) is 3.26. The van der Waals surface area contributed by atoms with Gasteiger partial charge < -0.3 is 19.1 Å². The number of rotatable bonds is 6. The molecule has 166 valence electrons. The number of hydrogen-bond acceptors (Lipinski definition) is 8. The van der Waals surface area contributed by atoms with Gasteiger partial charge in [-0.25, -0.2) is 0 Å². The summed E-state index contributed by atoms with van der Waals surface area (Å²) in [6.45, 7) is 4.87. The van der Waals surface area contributed by atoms with E-state index in [9.17, 15) is 10.1 Å². The minimum absolute atomic E-state index is 0.0194. The number of fused-ring (bicyclic) bond motifs is 1. The van der Waals surface area contributed by atoms with Gasteiger partial charge in [-0.3, -0.25) is 9.69 Å².